The Labute approximate surface area is 259 Å². The number of anilines is 1. The van der Waals surface area contributed by atoms with Crippen molar-refractivity contribution < 1.29 is 19.7 Å². The maximum absolute atomic E-state index is 14.5. The number of hydrogen-bond donors (Lipinski definition) is 2. The highest BCUT2D eigenvalue weighted by Crippen LogP contribution is 2.57. The molecule has 1 amide bonds. The molecule has 1 fully saturated rings. The monoisotopic (exact) mass is 678 g/mol. The van der Waals surface area contributed by atoms with E-state index in [1.54, 1.807) is 24.7 Å². The molecule has 2 aliphatic rings. The number of aryl methyl sites for hydroxylation is 1. The van der Waals surface area contributed by atoms with Crippen molar-refractivity contribution in [1.29, 1.82) is 0 Å². The van der Waals surface area contributed by atoms with E-state index in [2.05, 4.69) is 39.0 Å². The molecule has 0 saturated carbocycles. The van der Waals surface area contributed by atoms with Gasteiger partial charge in [0.05, 0.1) is 30.1 Å². The van der Waals surface area contributed by atoms with E-state index in [-0.39, 0.29) is 17.7 Å². The minimum Gasteiger partial charge on any atom is -0.390 e. The number of rotatable bonds is 8. The molecule has 8 nitrogen and oxygen atoms in total. The van der Waals surface area contributed by atoms with Crippen LogP contribution in [0.5, 0.6) is 0 Å². The number of hydrogen-bond acceptors (Lipinski definition) is 6. The number of amides is 1. The SMILES string of the molecule is C[C@@H]1[C@@H](C(C)(C)O)[C@H](CCn2cc([C@H](O)c3ccccc3)nn2)O[C@@]12C(=O)N(Cc1cccc(I)c1)c1ccccc12. The lowest BCUT2D eigenvalue weighted by atomic mass is 9.71. The molecule has 0 bridgehead atoms. The van der Waals surface area contributed by atoms with Crippen molar-refractivity contribution in [1.82, 2.24) is 15.0 Å². The van der Waals surface area contributed by atoms with Gasteiger partial charge in [0.15, 0.2) is 5.60 Å². The smallest absolute Gasteiger partial charge is 0.264 e. The Balaban J connectivity index is 1.28. The Bertz CT molecular complexity index is 1590. The molecule has 0 radical (unpaired) electrons. The predicted molar refractivity (Wildman–Crippen MR) is 167 cm³/mol. The summed E-state index contributed by atoms with van der Waals surface area (Å²) in [6.07, 6.45) is 0.962. The van der Waals surface area contributed by atoms with Crippen molar-refractivity contribution in [2.45, 2.75) is 63.7 Å². The van der Waals surface area contributed by atoms with E-state index in [0.717, 1.165) is 25.9 Å². The average Bonchev–Trinajstić information content (AvgIpc) is 3.63. The maximum atomic E-state index is 14.5. The number of fused-ring (bicyclic) bond motifs is 2. The molecule has 1 spiro atoms. The molecule has 2 N–H and O–H groups in total. The van der Waals surface area contributed by atoms with Gasteiger partial charge in [-0.2, -0.15) is 0 Å². The Morgan fingerprint density at radius 1 is 1.07 bits per heavy atom. The van der Waals surface area contributed by atoms with Crippen LogP contribution in [0.25, 0.3) is 0 Å². The minimum atomic E-state index is -1.20. The van der Waals surface area contributed by atoms with E-state index in [0.29, 0.717) is 25.2 Å². The summed E-state index contributed by atoms with van der Waals surface area (Å²) in [6.45, 7) is 6.51. The summed E-state index contributed by atoms with van der Waals surface area (Å²) in [4.78, 5) is 16.3. The van der Waals surface area contributed by atoms with E-state index in [1.165, 1.54) is 0 Å². The lowest BCUT2D eigenvalue weighted by molar-refractivity contribution is -0.146. The highest BCUT2D eigenvalue weighted by atomic mass is 127. The number of carbonyl (C=O) groups excluding carboxylic acids is 1. The van der Waals surface area contributed by atoms with Crippen molar-refractivity contribution in [3.63, 3.8) is 0 Å². The second-order valence-electron chi connectivity index (χ2n) is 11.9. The average molecular weight is 679 g/mol. The number of para-hydroxylation sites is 1. The number of nitrogens with zero attached hydrogens (tertiary/aromatic N) is 4. The van der Waals surface area contributed by atoms with Gasteiger partial charge in [-0.05, 0) is 72.2 Å². The number of benzene rings is 3. The zero-order chi connectivity index (χ0) is 29.6. The first-order valence-corrected chi connectivity index (χ1v) is 15.4. The molecule has 42 heavy (non-hydrogen) atoms. The third-order valence-corrected chi connectivity index (χ3v) is 9.39. The van der Waals surface area contributed by atoms with Crippen LogP contribution in [0.15, 0.2) is 85.1 Å². The fourth-order valence-corrected chi connectivity index (χ4v) is 7.50. The van der Waals surface area contributed by atoms with Gasteiger partial charge < -0.3 is 19.8 Å². The molecule has 218 valence electrons. The van der Waals surface area contributed by atoms with Gasteiger partial charge in [-0.25, -0.2) is 0 Å². The summed E-state index contributed by atoms with van der Waals surface area (Å²) < 4.78 is 9.67. The van der Waals surface area contributed by atoms with Crippen LogP contribution < -0.4 is 4.90 Å². The zero-order valence-corrected chi connectivity index (χ0v) is 26.0. The van der Waals surface area contributed by atoms with Crippen molar-refractivity contribution in [2.24, 2.45) is 11.8 Å². The number of aliphatic hydroxyl groups excluding tert-OH is 1. The second kappa shape index (κ2) is 11.2. The first kappa shape index (κ1) is 29.0. The van der Waals surface area contributed by atoms with Gasteiger partial charge in [0.25, 0.3) is 5.91 Å². The summed E-state index contributed by atoms with van der Waals surface area (Å²) >= 11 is 2.29. The number of aliphatic hydroxyl groups is 2. The van der Waals surface area contributed by atoms with Gasteiger partial charge >= 0.3 is 0 Å². The van der Waals surface area contributed by atoms with Crippen LogP contribution in [-0.2, 0) is 28.2 Å². The quantitative estimate of drug-likeness (QED) is 0.248. The number of ether oxygens (including phenoxy) is 1. The van der Waals surface area contributed by atoms with Gasteiger partial charge in [0, 0.05) is 27.5 Å². The third-order valence-electron chi connectivity index (χ3n) is 8.72. The predicted octanol–water partition coefficient (Wildman–Crippen LogP) is 5.22. The Morgan fingerprint density at radius 3 is 2.55 bits per heavy atom. The molecule has 5 atom stereocenters. The van der Waals surface area contributed by atoms with Crippen LogP contribution in [0.3, 0.4) is 0 Å². The molecule has 4 aromatic rings. The first-order valence-electron chi connectivity index (χ1n) is 14.3. The van der Waals surface area contributed by atoms with E-state index in [1.807, 2.05) is 84.6 Å². The minimum absolute atomic E-state index is 0.0964. The second-order valence-corrected chi connectivity index (χ2v) is 13.2. The highest BCUT2D eigenvalue weighted by Gasteiger charge is 2.65. The summed E-state index contributed by atoms with van der Waals surface area (Å²) in [5, 5.41) is 30.6. The van der Waals surface area contributed by atoms with Crippen molar-refractivity contribution >= 4 is 34.2 Å². The van der Waals surface area contributed by atoms with Crippen LogP contribution in [0.4, 0.5) is 5.69 Å². The van der Waals surface area contributed by atoms with Crippen LogP contribution >= 0.6 is 22.6 Å². The van der Waals surface area contributed by atoms with E-state index in [9.17, 15) is 15.0 Å². The van der Waals surface area contributed by atoms with Crippen LogP contribution in [0, 0.1) is 15.4 Å². The first-order chi connectivity index (χ1) is 20.1. The van der Waals surface area contributed by atoms with Gasteiger partial charge in [-0.3, -0.25) is 9.48 Å². The molecule has 0 aliphatic carbocycles. The van der Waals surface area contributed by atoms with Gasteiger partial charge in [-0.15, -0.1) is 5.10 Å². The molecule has 0 unspecified atom stereocenters. The molecular weight excluding hydrogens is 643 g/mol. The molecule has 1 saturated heterocycles. The number of aromatic nitrogens is 3. The standard InChI is InChI=1S/C33H35IN4O4/c1-21-29(32(2,3)41)28(16-17-37-20-26(35-36-37)30(39)23-11-5-4-6-12-23)42-33(21)25-14-7-8-15-27(25)38(31(33)40)19-22-10-9-13-24(34)18-22/h4-15,18,20-21,28-30,39,41H,16-17,19H2,1-3H3/t21-,28+,29-,30-,33+/m1/s1. The van der Waals surface area contributed by atoms with Crippen LogP contribution in [0.2, 0.25) is 0 Å². The van der Waals surface area contributed by atoms with Gasteiger partial charge in [-0.1, -0.05) is 72.8 Å². The third kappa shape index (κ3) is 5.06. The molecule has 6 rings (SSSR count). The van der Waals surface area contributed by atoms with E-state index >= 15 is 0 Å². The number of carbonyl (C=O) groups is 1. The molecule has 3 heterocycles. The lowest BCUT2D eigenvalue weighted by Crippen LogP contribution is -2.46. The molecule has 3 aromatic carbocycles. The molecular formula is C33H35IN4O4. The van der Waals surface area contributed by atoms with Crippen molar-refractivity contribution in [3.05, 3.63) is 111 Å². The van der Waals surface area contributed by atoms with Crippen LogP contribution in [-0.4, -0.2) is 42.8 Å². The van der Waals surface area contributed by atoms with Crippen molar-refractivity contribution in [3.8, 4) is 0 Å². The van der Waals surface area contributed by atoms with E-state index in [4.69, 9.17) is 4.74 Å². The Hall–Kier alpha value is -3.12. The number of halogens is 1. The summed E-state index contributed by atoms with van der Waals surface area (Å²) in [5.41, 5.74) is 1.65. The van der Waals surface area contributed by atoms with Crippen LogP contribution in [0.1, 0.15) is 55.7 Å². The largest absolute Gasteiger partial charge is 0.390 e. The maximum Gasteiger partial charge on any atom is 0.264 e. The van der Waals surface area contributed by atoms with E-state index < -0.39 is 23.4 Å². The highest BCUT2D eigenvalue weighted by molar-refractivity contribution is 14.1. The normalized spacial score (nSPS) is 24.4. The Morgan fingerprint density at radius 2 is 1.81 bits per heavy atom. The summed E-state index contributed by atoms with van der Waals surface area (Å²) in [5.74, 6) is -0.700. The molecule has 9 heteroatoms. The fraction of sp³-hybridized carbons (Fsp3) is 0.364. The summed E-state index contributed by atoms with van der Waals surface area (Å²) in [6, 6.07) is 25.4. The van der Waals surface area contributed by atoms with Gasteiger partial charge in [0.2, 0.25) is 0 Å². The zero-order valence-electron chi connectivity index (χ0n) is 23.9. The molecule has 2 aliphatic heterocycles. The van der Waals surface area contributed by atoms with Gasteiger partial charge in [0.1, 0.15) is 11.8 Å². The fourth-order valence-electron chi connectivity index (χ4n) is 6.89. The van der Waals surface area contributed by atoms with Crippen molar-refractivity contribution in [2.75, 3.05) is 4.90 Å². The topological polar surface area (TPSA) is 101 Å². The summed E-state index contributed by atoms with van der Waals surface area (Å²) in [7, 11) is 0. The molecule has 1 aromatic heterocycles. The lowest BCUT2D eigenvalue weighted by Gasteiger charge is -2.34. The Kier molecular flexibility index (Phi) is 7.71.